The third-order valence-corrected chi connectivity index (χ3v) is 3.76. The number of hydrogen-bond donors (Lipinski definition) is 1. The number of aryl methyl sites for hydroxylation is 1. The first kappa shape index (κ1) is 17.7. The number of nitrogens with zero attached hydrogens (tertiary/aromatic N) is 1. The summed E-state index contributed by atoms with van der Waals surface area (Å²) in [7, 11) is 0. The molecule has 0 bridgehead atoms. The first-order valence-corrected chi connectivity index (χ1v) is 7.81. The van der Waals surface area contributed by atoms with E-state index in [-0.39, 0.29) is 24.1 Å². The third-order valence-electron chi connectivity index (χ3n) is 3.76. The number of para-hydroxylation sites is 1. The van der Waals surface area contributed by atoms with E-state index in [1.165, 1.54) is 19.1 Å². The van der Waals surface area contributed by atoms with E-state index in [1.54, 1.807) is 17.0 Å². The quantitative estimate of drug-likeness (QED) is 0.882. The molecule has 0 aliphatic rings. The Balaban J connectivity index is 1.91. The Morgan fingerprint density at radius 2 is 1.75 bits per heavy atom. The van der Waals surface area contributed by atoms with Crippen molar-refractivity contribution in [1.82, 2.24) is 4.90 Å². The van der Waals surface area contributed by atoms with Gasteiger partial charge in [0.1, 0.15) is 5.82 Å². The highest BCUT2D eigenvalue weighted by atomic mass is 19.1. The molecule has 0 aromatic heterocycles. The molecule has 0 aliphatic heterocycles. The van der Waals surface area contributed by atoms with Crippen LogP contribution in [0.25, 0.3) is 0 Å². The largest absolute Gasteiger partial charge is 0.338 e. The van der Waals surface area contributed by atoms with Crippen LogP contribution in [0.15, 0.2) is 48.5 Å². The van der Waals surface area contributed by atoms with Crippen molar-refractivity contribution >= 4 is 17.5 Å². The lowest BCUT2D eigenvalue weighted by Crippen LogP contribution is -2.31. The molecule has 0 unspecified atom stereocenters. The summed E-state index contributed by atoms with van der Waals surface area (Å²) in [5.74, 6) is -0.580. The van der Waals surface area contributed by atoms with Crippen LogP contribution in [0.5, 0.6) is 0 Å². The normalized spacial score (nSPS) is 10.3. The van der Waals surface area contributed by atoms with Crippen molar-refractivity contribution in [2.75, 3.05) is 11.9 Å². The number of hydrogen-bond acceptors (Lipinski definition) is 2. The van der Waals surface area contributed by atoms with Crippen LogP contribution < -0.4 is 5.32 Å². The molecule has 4 nitrogen and oxygen atoms in total. The molecule has 1 N–H and O–H groups in total. The maximum Gasteiger partial charge on any atom is 0.226 e. The number of anilines is 1. The van der Waals surface area contributed by atoms with Crippen molar-refractivity contribution < 1.29 is 14.0 Å². The van der Waals surface area contributed by atoms with Crippen molar-refractivity contribution in [3.63, 3.8) is 0 Å². The highest BCUT2D eigenvalue weighted by molar-refractivity contribution is 5.91. The summed E-state index contributed by atoms with van der Waals surface area (Å²) < 4.78 is 12.9. The Morgan fingerprint density at radius 1 is 1.08 bits per heavy atom. The fraction of sp³-hybridized carbons (Fsp3) is 0.263. The third kappa shape index (κ3) is 5.19. The van der Waals surface area contributed by atoms with E-state index < -0.39 is 0 Å². The summed E-state index contributed by atoms with van der Waals surface area (Å²) in [6.07, 6.45) is 0.203. The lowest BCUT2D eigenvalue weighted by molar-refractivity contribution is -0.129. The minimum atomic E-state index is -0.314. The van der Waals surface area contributed by atoms with Crippen molar-refractivity contribution in [3.05, 3.63) is 65.5 Å². The number of nitrogens with one attached hydrogen (secondary N) is 1. The number of carbonyl (C=O) groups excluding carboxylic acids is 2. The number of halogens is 1. The molecule has 5 heteroatoms. The monoisotopic (exact) mass is 328 g/mol. The topological polar surface area (TPSA) is 49.4 Å². The zero-order valence-electron chi connectivity index (χ0n) is 13.9. The van der Waals surface area contributed by atoms with E-state index in [9.17, 15) is 14.0 Å². The van der Waals surface area contributed by atoms with Gasteiger partial charge in [-0.3, -0.25) is 9.59 Å². The summed E-state index contributed by atoms with van der Waals surface area (Å²) >= 11 is 0. The zero-order valence-corrected chi connectivity index (χ0v) is 13.9. The lowest BCUT2D eigenvalue weighted by atomic mass is 10.2. The molecule has 126 valence electrons. The van der Waals surface area contributed by atoms with Gasteiger partial charge in [0.2, 0.25) is 11.8 Å². The molecule has 0 saturated heterocycles. The Labute approximate surface area is 141 Å². The number of carbonyl (C=O) groups is 2. The number of amides is 2. The van der Waals surface area contributed by atoms with Crippen LogP contribution in [-0.4, -0.2) is 23.3 Å². The van der Waals surface area contributed by atoms with Gasteiger partial charge < -0.3 is 10.2 Å². The maximum absolute atomic E-state index is 12.9. The molecular formula is C19H21FN2O2. The van der Waals surface area contributed by atoms with E-state index in [0.717, 1.165) is 16.8 Å². The molecule has 0 aliphatic carbocycles. The van der Waals surface area contributed by atoms with Gasteiger partial charge in [0.05, 0.1) is 0 Å². The minimum absolute atomic E-state index is 0.122. The second-order valence-electron chi connectivity index (χ2n) is 5.68. The molecule has 2 amide bonds. The van der Waals surface area contributed by atoms with Crippen molar-refractivity contribution in [1.29, 1.82) is 0 Å². The first-order chi connectivity index (χ1) is 11.5. The highest BCUT2D eigenvalue weighted by Gasteiger charge is 2.12. The summed E-state index contributed by atoms with van der Waals surface area (Å²) in [4.78, 5) is 25.4. The Morgan fingerprint density at radius 3 is 2.38 bits per heavy atom. The predicted octanol–water partition coefficient (Wildman–Crippen LogP) is 3.51. The van der Waals surface area contributed by atoms with E-state index in [4.69, 9.17) is 0 Å². The summed E-state index contributed by atoms with van der Waals surface area (Å²) in [5.41, 5.74) is 2.59. The van der Waals surface area contributed by atoms with E-state index in [1.807, 2.05) is 31.2 Å². The standard InChI is InChI=1S/C19H21FN2O2/c1-14-5-3-4-6-18(14)21-19(24)11-12-22(15(2)23)13-16-7-9-17(20)10-8-16/h3-10H,11-13H2,1-2H3,(H,21,24). The molecule has 0 heterocycles. The summed E-state index contributed by atoms with van der Waals surface area (Å²) in [5, 5.41) is 2.85. The van der Waals surface area contributed by atoms with Gasteiger partial charge in [0, 0.05) is 32.1 Å². The van der Waals surface area contributed by atoms with E-state index >= 15 is 0 Å². The molecule has 2 aromatic rings. The fourth-order valence-electron chi connectivity index (χ4n) is 2.32. The van der Waals surface area contributed by atoms with Crippen LogP contribution in [0.2, 0.25) is 0 Å². The molecule has 24 heavy (non-hydrogen) atoms. The van der Waals surface area contributed by atoms with Crippen LogP contribution >= 0.6 is 0 Å². The number of benzene rings is 2. The zero-order chi connectivity index (χ0) is 17.5. The van der Waals surface area contributed by atoms with Gasteiger partial charge in [0.25, 0.3) is 0 Å². The van der Waals surface area contributed by atoms with Gasteiger partial charge in [-0.15, -0.1) is 0 Å². The van der Waals surface area contributed by atoms with Gasteiger partial charge >= 0.3 is 0 Å². The second-order valence-corrected chi connectivity index (χ2v) is 5.68. The molecule has 0 radical (unpaired) electrons. The summed E-state index contributed by atoms with van der Waals surface area (Å²) in [6, 6.07) is 13.5. The van der Waals surface area contributed by atoms with E-state index in [0.29, 0.717) is 13.1 Å². The molecule has 2 aromatic carbocycles. The lowest BCUT2D eigenvalue weighted by Gasteiger charge is -2.21. The second kappa shape index (κ2) is 8.24. The van der Waals surface area contributed by atoms with Crippen molar-refractivity contribution in [3.8, 4) is 0 Å². The SMILES string of the molecule is CC(=O)N(CCC(=O)Nc1ccccc1C)Cc1ccc(F)cc1. The van der Waals surface area contributed by atoms with Crippen LogP contribution in [0, 0.1) is 12.7 Å². The first-order valence-electron chi connectivity index (χ1n) is 7.81. The Bertz CT molecular complexity index is 714. The van der Waals surface area contributed by atoms with Gasteiger partial charge in [0.15, 0.2) is 0 Å². The summed E-state index contributed by atoms with van der Waals surface area (Å²) in [6.45, 7) is 4.05. The van der Waals surface area contributed by atoms with E-state index in [2.05, 4.69) is 5.32 Å². The maximum atomic E-state index is 12.9. The van der Waals surface area contributed by atoms with Crippen LogP contribution in [0.3, 0.4) is 0 Å². The predicted molar refractivity (Wildman–Crippen MR) is 91.9 cm³/mol. The van der Waals surface area contributed by atoms with Gasteiger partial charge in [-0.25, -0.2) is 4.39 Å². The number of rotatable bonds is 6. The molecule has 0 atom stereocenters. The van der Waals surface area contributed by atoms with Gasteiger partial charge in [-0.2, -0.15) is 0 Å². The minimum Gasteiger partial charge on any atom is -0.338 e. The fourth-order valence-corrected chi connectivity index (χ4v) is 2.32. The molecule has 0 fully saturated rings. The molecule has 0 saturated carbocycles. The van der Waals surface area contributed by atoms with Crippen molar-refractivity contribution in [2.24, 2.45) is 0 Å². The molecule has 0 spiro atoms. The average molecular weight is 328 g/mol. The Kier molecular flexibility index (Phi) is 6.07. The molecule has 2 rings (SSSR count). The Hall–Kier alpha value is -2.69. The van der Waals surface area contributed by atoms with Crippen LogP contribution in [0.4, 0.5) is 10.1 Å². The van der Waals surface area contributed by atoms with Crippen LogP contribution in [-0.2, 0) is 16.1 Å². The van der Waals surface area contributed by atoms with Gasteiger partial charge in [-0.1, -0.05) is 30.3 Å². The van der Waals surface area contributed by atoms with Crippen LogP contribution in [0.1, 0.15) is 24.5 Å². The molecular weight excluding hydrogens is 307 g/mol. The highest BCUT2D eigenvalue weighted by Crippen LogP contribution is 2.14. The average Bonchev–Trinajstić information content (AvgIpc) is 2.55. The van der Waals surface area contributed by atoms with Crippen molar-refractivity contribution in [2.45, 2.75) is 26.8 Å². The smallest absolute Gasteiger partial charge is 0.226 e. The van der Waals surface area contributed by atoms with Gasteiger partial charge in [-0.05, 0) is 36.2 Å².